The van der Waals surface area contributed by atoms with Crippen LogP contribution in [0, 0.1) is 28.6 Å². The summed E-state index contributed by atoms with van der Waals surface area (Å²) in [5, 5.41) is 11.5. The number of carbonyl (C=O) groups excluding carboxylic acids is 3. The van der Waals surface area contributed by atoms with Crippen molar-refractivity contribution in [3.63, 3.8) is 0 Å². The molecule has 0 aromatic carbocycles. The van der Waals surface area contributed by atoms with E-state index in [1.807, 2.05) is 6.08 Å². The van der Waals surface area contributed by atoms with Gasteiger partial charge in [0.1, 0.15) is 5.60 Å². The van der Waals surface area contributed by atoms with E-state index in [4.69, 9.17) is 4.74 Å². The molecule has 3 saturated carbocycles. The molecule has 3 fully saturated rings. The summed E-state index contributed by atoms with van der Waals surface area (Å²) in [6.07, 6.45) is 8.53. The zero-order chi connectivity index (χ0) is 20.3. The van der Waals surface area contributed by atoms with Crippen molar-refractivity contribution in [3.05, 3.63) is 11.6 Å². The van der Waals surface area contributed by atoms with E-state index in [0.29, 0.717) is 30.6 Å². The number of carbonyl (C=O) groups is 3. The highest BCUT2D eigenvalue weighted by Gasteiger charge is 2.66. The van der Waals surface area contributed by atoms with Crippen molar-refractivity contribution in [2.75, 3.05) is 6.61 Å². The first-order chi connectivity index (χ1) is 13.1. The summed E-state index contributed by atoms with van der Waals surface area (Å²) in [5.41, 5.74) is -0.459. The molecule has 0 aromatic rings. The molecule has 1 N–H and O–H groups in total. The van der Waals surface area contributed by atoms with Gasteiger partial charge in [-0.1, -0.05) is 19.4 Å². The van der Waals surface area contributed by atoms with E-state index in [-0.39, 0.29) is 23.6 Å². The molecule has 1 unspecified atom stereocenters. The fraction of sp³-hybridized carbons (Fsp3) is 0.783. The summed E-state index contributed by atoms with van der Waals surface area (Å²) in [5.74, 6) is 0.712. The highest BCUT2D eigenvalue weighted by atomic mass is 16.5. The van der Waals surface area contributed by atoms with Crippen molar-refractivity contribution in [1.29, 1.82) is 0 Å². The van der Waals surface area contributed by atoms with Gasteiger partial charge in [-0.15, -0.1) is 0 Å². The summed E-state index contributed by atoms with van der Waals surface area (Å²) in [6, 6.07) is 0. The van der Waals surface area contributed by atoms with Gasteiger partial charge in [-0.2, -0.15) is 0 Å². The van der Waals surface area contributed by atoms with Gasteiger partial charge < -0.3 is 9.84 Å². The third-order valence-corrected chi connectivity index (χ3v) is 8.98. The van der Waals surface area contributed by atoms with Crippen LogP contribution in [0.2, 0.25) is 0 Å². The van der Waals surface area contributed by atoms with Gasteiger partial charge in [-0.3, -0.25) is 14.4 Å². The summed E-state index contributed by atoms with van der Waals surface area (Å²) in [6.45, 7) is 5.35. The fourth-order valence-corrected chi connectivity index (χ4v) is 7.32. The highest BCUT2D eigenvalue weighted by molar-refractivity contribution is 5.92. The molecule has 4 aliphatic carbocycles. The van der Waals surface area contributed by atoms with Crippen molar-refractivity contribution in [2.24, 2.45) is 28.6 Å². The van der Waals surface area contributed by atoms with Crippen LogP contribution in [-0.4, -0.2) is 34.9 Å². The van der Waals surface area contributed by atoms with E-state index < -0.39 is 17.0 Å². The van der Waals surface area contributed by atoms with Crippen LogP contribution in [0.15, 0.2) is 11.6 Å². The molecule has 0 aliphatic heterocycles. The molecule has 0 heterocycles. The molecule has 6 atom stereocenters. The Bertz CT molecular complexity index is 754. The summed E-state index contributed by atoms with van der Waals surface area (Å²) in [7, 11) is 0. The van der Waals surface area contributed by atoms with Crippen LogP contribution in [0.4, 0.5) is 0 Å². The molecule has 4 rings (SSSR count). The molecule has 0 aromatic heterocycles. The zero-order valence-corrected chi connectivity index (χ0v) is 17.3. The Balaban J connectivity index is 1.60. The van der Waals surface area contributed by atoms with Crippen molar-refractivity contribution in [1.82, 2.24) is 0 Å². The molecule has 5 nitrogen and oxygen atoms in total. The standard InChI is InChI=1S/C23H32O5/c1-14(24)28-13-20(26)23(27)11-8-19-17-5-4-15-12-16(25)6-9-21(15,2)18(17)7-10-22(19,23)3/h12,17-19,27H,4-11,13H2,1-3H3/t17?,18-,19-,21-,22-,23-/m0/s1. The Morgan fingerprint density at radius 1 is 1.11 bits per heavy atom. The molecule has 5 heteroatoms. The van der Waals surface area contributed by atoms with Gasteiger partial charge in [0.25, 0.3) is 0 Å². The second-order valence-electron chi connectivity index (χ2n) is 10.0. The topological polar surface area (TPSA) is 80.7 Å². The van der Waals surface area contributed by atoms with Gasteiger partial charge in [0.05, 0.1) is 0 Å². The summed E-state index contributed by atoms with van der Waals surface area (Å²) in [4.78, 5) is 35.9. The number of allylic oxidation sites excluding steroid dienone is 1. The van der Waals surface area contributed by atoms with Crippen LogP contribution < -0.4 is 0 Å². The number of fused-ring (bicyclic) bond motifs is 5. The highest BCUT2D eigenvalue weighted by Crippen LogP contribution is 2.67. The lowest BCUT2D eigenvalue weighted by Gasteiger charge is -2.58. The first-order valence-corrected chi connectivity index (χ1v) is 10.7. The van der Waals surface area contributed by atoms with Gasteiger partial charge in [-0.25, -0.2) is 0 Å². The van der Waals surface area contributed by atoms with Crippen LogP contribution in [0.3, 0.4) is 0 Å². The average Bonchev–Trinajstić information content (AvgIpc) is 2.92. The average molecular weight is 389 g/mol. The van der Waals surface area contributed by atoms with E-state index in [9.17, 15) is 19.5 Å². The number of esters is 1. The number of aliphatic hydroxyl groups is 1. The van der Waals surface area contributed by atoms with Crippen molar-refractivity contribution in [2.45, 2.75) is 77.7 Å². The van der Waals surface area contributed by atoms with E-state index in [1.54, 1.807) is 0 Å². The van der Waals surface area contributed by atoms with E-state index in [0.717, 1.165) is 38.5 Å². The molecule has 0 bridgehead atoms. The molecule has 0 saturated heterocycles. The number of hydrogen-bond acceptors (Lipinski definition) is 5. The van der Waals surface area contributed by atoms with Gasteiger partial charge >= 0.3 is 5.97 Å². The van der Waals surface area contributed by atoms with Gasteiger partial charge in [-0.05, 0) is 74.2 Å². The van der Waals surface area contributed by atoms with Crippen LogP contribution in [0.25, 0.3) is 0 Å². The number of Topliss-reactive ketones (excluding diaryl/α,β-unsaturated/α-hetero) is 1. The minimum atomic E-state index is -1.41. The SMILES string of the molecule is CC(=O)OCC(=O)[C@@]1(O)CC[C@H]2C3CCC4=CC(=O)CC[C@]4(C)[C@H]3CC[C@@]21C. The Morgan fingerprint density at radius 2 is 1.82 bits per heavy atom. The maximum absolute atomic E-state index is 12.8. The van der Waals surface area contributed by atoms with Gasteiger partial charge in [0.2, 0.25) is 5.78 Å². The predicted octanol–water partition coefficient (Wildman–Crippen LogP) is 3.38. The minimum Gasteiger partial charge on any atom is -0.458 e. The van der Waals surface area contributed by atoms with Crippen molar-refractivity contribution in [3.8, 4) is 0 Å². The lowest BCUT2D eigenvalue weighted by molar-refractivity contribution is -0.169. The Morgan fingerprint density at radius 3 is 2.54 bits per heavy atom. The minimum absolute atomic E-state index is 0.0839. The molecule has 0 amide bonds. The first-order valence-electron chi connectivity index (χ1n) is 10.7. The quantitative estimate of drug-likeness (QED) is 0.750. The lowest BCUT2D eigenvalue weighted by Crippen LogP contribution is -2.58. The molecule has 154 valence electrons. The fourth-order valence-electron chi connectivity index (χ4n) is 7.32. The molecule has 28 heavy (non-hydrogen) atoms. The number of ether oxygens (including phenoxy) is 1. The lowest BCUT2D eigenvalue weighted by atomic mass is 9.46. The zero-order valence-electron chi connectivity index (χ0n) is 17.3. The van der Waals surface area contributed by atoms with Crippen molar-refractivity contribution < 1.29 is 24.2 Å². The third-order valence-electron chi connectivity index (χ3n) is 8.98. The smallest absolute Gasteiger partial charge is 0.303 e. The number of ketones is 2. The second-order valence-corrected chi connectivity index (χ2v) is 10.0. The predicted molar refractivity (Wildman–Crippen MR) is 103 cm³/mol. The summed E-state index contributed by atoms with van der Waals surface area (Å²) < 4.78 is 4.92. The maximum Gasteiger partial charge on any atom is 0.303 e. The maximum atomic E-state index is 12.8. The molecular formula is C23H32O5. The van der Waals surface area contributed by atoms with Gasteiger partial charge in [0.15, 0.2) is 12.4 Å². The molecule has 4 aliphatic rings. The van der Waals surface area contributed by atoms with E-state index >= 15 is 0 Å². The molecule has 0 radical (unpaired) electrons. The van der Waals surface area contributed by atoms with Crippen LogP contribution in [0.5, 0.6) is 0 Å². The van der Waals surface area contributed by atoms with Crippen molar-refractivity contribution >= 4 is 17.5 Å². The van der Waals surface area contributed by atoms with Crippen LogP contribution >= 0.6 is 0 Å². The van der Waals surface area contributed by atoms with E-state index in [2.05, 4.69) is 13.8 Å². The second kappa shape index (κ2) is 6.51. The number of hydrogen-bond donors (Lipinski definition) is 1. The molecule has 0 spiro atoms. The van der Waals surface area contributed by atoms with E-state index in [1.165, 1.54) is 12.5 Å². The summed E-state index contributed by atoms with van der Waals surface area (Å²) >= 11 is 0. The Labute approximate surface area is 166 Å². The first kappa shape index (κ1) is 19.8. The largest absolute Gasteiger partial charge is 0.458 e. The monoisotopic (exact) mass is 388 g/mol. The Hall–Kier alpha value is -1.49. The third kappa shape index (κ3) is 2.65. The Kier molecular flexibility index (Phi) is 4.61. The molecular weight excluding hydrogens is 356 g/mol. The number of rotatable bonds is 3. The van der Waals surface area contributed by atoms with Crippen LogP contribution in [0.1, 0.15) is 72.1 Å². The van der Waals surface area contributed by atoms with Crippen LogP contribution in [-0.2, 0) is 19.1 Å². The normalized spacial score (nSPS) is 44.8. The van der Waals surface area contributed by atoms with Gasteiger partial charge in [0, 0.05) is 18.8 Å².